The summed E-state index contributed by atoms with van der Waals surface area (Å²) in [6.45, 7) is 2.28. The lowest BCUT2D eigenvalue weighted by atomic mass is 9.76. The van der Waals surface area contributed by atoms with Crippen LogP contribution in [0.1, 0.15) is 54.4 Å². The molecule has 0 amide bonds. The third-order valence-corrected chi connectivity index (χ3v) is 4.09. The maximum atomic E-state index is 2.33. The van der Waals surface area contributed by atoms with E-state index in [1.54, 1.807) is 11.1 Å². The molecular formula is C18H20. The van der Waals surface area contributed by atoms with E-state index in [0.717, 1.165) is 6.42 Å². The lowest BCUT2D eigenvalue weighted by molar-refractivity contribution is 0.634. The van der Waals surface area contributed by atoms with Crippen molar-refractivity contribution in [1.29, 1.82) is 0 Å². The second-order valence-corrected chi connectivity index (χ2v) is 5.27. The number of fused-ring (bicyclic) bond motifs is 2. The van der Waals surface area contributed by atoms with Gasteiger partial charge in [0, 0.05) is 5.92 Å². The van der Waals surface area contributed by atoms with E-state index in [9.17, 15) is 0 Å². The van der Waals surface area contributed by atoms with E-state index in [4.69, 9.17) is 0 Å². The Morgan fingerprint density at radius 1 is 0.889 bits per heavy atom. The maximum Gasteiger partial charge on any atom is 0.00950 e. The summed E-state index contributed by atoms with van der Waals surface area (Å²) in [5.41, 5.74) is 6.17. The number of benzene rings is 2. The quantitative estimate of drug-likeness (QED) is 0.710. The van der Waals surface area contributed by atoms with Crippen LogP contribution in [0.5, 0.6) is 0 Å². The van der Waals surface area contributed by atoms with Gasteiger partial charge in [-0.2, -0.15) is 0 Å². The molecule has 0 N–H and O–H groups in total. The van der Waals surface area contributed by atoms with Crippen molar-refractivity contribution in [1.82, 2.24) is 0 Å². The summed E-state index contributed by atoms with van der Waals surface area (Å²) < 4.78 is 0. The van der Waals surface area contributed by atoms with Gasteiger partial charge in [-0.25, -0.2) is 0 Å². The van der Waals surface area contributed by atoms with Crippen LogP contribution < -0.4 is 0 Å². The summed E-state index contributed by atoms with van der Waals surface area (Å²) in [6.07, 6.45) is 4.98. The molecule has 0 heterocycles. The Labute approximate surface area is 110 Å². The van der Waals surface area contributed by atoms with Crippen molar-refractivity contribution in [2.45, 2.75) is 38.5 Å². The molecule has 0 unspecified atom stereocenters. The van der Waals surface area contributed by atoms with Crippen LogP contribution in [0.15, 0.2) is 48.5 Å². The lowest BCUT2D eigenvalue weighted by Gasteiger charge is -2.28. The van der Waals surface area contributed by atoms with E-state index in [2.05, 4.69) is 55.5 Å². The highest BCUT2D eigenvalue weighted by Gasteiger charge is 2.23. The zero-order chi connectivity index (χ0) is 12.4. The Hall–Kier alpha value is -1.56. The third kappa shape index (κ3) is 1.96. The lowest BCUT2D eigenvalue weighted by Crippen LogP contribution is -2.13. The number of rotatable bonds is 3. The molecule has 0 saturated carbocycles. The second kappa shape index (κ2) is 4.97. The molecule has 0 radical (unpaired) electrons. The SMILES string of the molecule is CCCCC1c2ccccc2Cc2ccccc21. The van der Waals surface area contributed by atoms with Gasteiger partial charge in [0.25, 0.3) is 0 Å². The van der Waals surface area contributed by atoms with Crippen LogP contribution in [0.4, 0.5) is 0 Å². The fourth-order valence-electron chi connectivity index (χ4n) is 3.16. The van der Waals surface area contributed by atoms with Crippen molar-refractivity contribution in [3.63, 3.8) is 0 Å². The van der Waals surface area contributed by atoms with Gasteiger partial charge in [-0.1, -0.05) is 68.3 Å². The average molecular weight is 236 g/mol. The first-order valence-corrected chi connectivity index (χ1v) is 7.05. The van der Waals surface area contributed by atoms with Crippen LogP contribution in [-0.4, -0.2) is 0 Å². The van der Waals surface area contributed by atoms with Crippen LogP contribution in [0, 0.1) is 0 Å². The fraction of sp³-hybridized carbons (Fsp3) is 0.333. The zero-order valence-electron chi connectivity index (χ0n) is 11.0. The predicted molar refractivity (Wildman–Crippen MR) is 77.1 cm³/mol. The van der Waals surface area contributed by atoms with Crippen LogP contribution >= 0.6 is 0 Å². The molecule has 1 aliphatic carbocycles. The first-order valence-electron chi connectivity index (χ1n) is 7.05. The Kier molecular flexibility index (Phi) is 3.19. The van der Waals surface area contributed by atoms with E-state index in [0.29, 0.717) is 5.92 Å². The molecule has 0 saturated heterocycles. The molecule has 0 aromatic heterocycles. The molecule has 0 aliphatic heterocycles. The van der Waals surface area contributed by atoms with E-state index < -0.39 is 0 Å². The maximum absolute atomic E-state index is 2.33. The van der Waals surface area contributed by atoms with E-state index in [1.165, 1.54) is 30.4 Å². The van der Waals surface area contributed by atoms with Crippen LogP contribution in [-0.2, 0) is 6.42 Å². The van der Waals surface area contributed by atoms with Crippen molar-refractivity contribution in [3.05, 3.63) is 70.8 Å². The minimum atomic E-state index is 0.617. The normalized spacial score (nSPS) is 14.1. The molecule has 0 fully saturated rings. The van der Waals surface area contributed by atoms with E-state index >= 15 is 0 Å². The molecule has 18 heavy (non-hydrogen) atoms. The van der Waals surface area contributed by atoms with Crippen molar-refractivity contribution in [2.75, 3.05) is 0 Å². The monoisotopic (exact) mass is 236 g/mol. The summed E-state index contributed by atoms with van der Waals surface area (Å²) in [7, 11) is 0. The van der Waals surface area contributed by atoms with Gasteiger partial charge in [-0.3, -0.25) is 0 Å². The summed E-state index contributed by atoms with van der Waals surface area (Å²) in [6, 6.07) is 18.0. The third-order valence-electron chi connectivity index (χ3n) is 4.09. The Morgan fingerprint density at radius 3 is 2.00 bits per heavy atom. The number of hydrogen-bond donors (Lipinski definition) is 0. The van der Waals surface area contributed by atoms with Gasteiger partial charge in [0.15, 0.2) is 0 Å². The highest BCUT2D eigenvalue weighted by atomic mass is 14.3. The second-order valence-electron chi connectivity index (χ2n) is 5.27. The Bertz CT molecular complexity index is 494. The molecule has 0 bridgehead atoms. The van der Waals surface area contributed by atoms with E-state index in [1.807, 2.05) is 0 Å². The Balaban J connectivity index is 2.05. The molecular weight excluding hydrogens is 216 g/mol. The Morgan fingerprint density at radius 2 is 1.44 bits per heavy atom. The average Bonchev–Trinajstić information content (AvgIpc) is 2.43. The summed E-state index contributed by atoms with van der Waals surface area (Å²) in [5, 5.41) is 0. The standard InChI is InChI=1S/C18H20/c1-2-3-10-18-16-11-6-4-8-14(16)13-15-9-5-7-12-17(15)18/h4-9,11-12,18H,2-3,10,13H2,1H3. The predicted octanol–water partition coefficient (Wildman–Crippen LogP) is 4.91. The van der Waals surface area contributed by atoms with Gasteiger partial charge in [-0.15, -0.1) is 0 Å². The van der Waals surface area contributed by atoms with Gasteiger partial charge in [-0.05, 0) is 35.1 Å². The first-order chi connectivity index (χ1) is 8.90. The molecule has 0 nitrogen and oxygen atoms in total. The number of hydrogen-bond acceptors (Lipinski definition) is 0. The van der Waals surface area contributed by atoms with Gasteiger partial charge in [0.1, 0.15) is 0 Å². The smallest absolute Gasteiger partial charge is 0.00950 e. The topological polar surface area (TPSA) is 0 Å². The molecule has 3 rings (SSSR count). The van der Waals surface area contributed by atoms with Crippen molar-refractivity contribution in [2.24, 2.45) is 0 Å². The van der Waals surface area contributed by atoms with Crippen molar-refractivity contribution < 1.29 is 0 Å². The van der Waals surface area contributed by atoms with Crippen LogP contribution in [0.2, 0.25) is 0 Å². The first kappa shape index (κ1) is 11.5. The van der Waals surface area contributed by atoms with Gasteiger partial charge in [0.05, 0.1) is 0 Å². The molecule has 2 aromatic rings. The summed E-state index contributed by atoms with van der Waals surface area (Å²) in [4.78, 5) is 0. The van der Waals surface area contributed by atoms with Crippen LogP contribution in [0.3, 0.4) is 0 Å². The number of unbranched alkanes of at least 4 members (excludes halogenated alkanes) is 1. The van der Waals surface area contributed by atoms with Gasteiger partial charge in [0.2, 0.25) is 0 Å². The minimum Gasteiger partial charge on any atom is -0.0654 e. The molecule has 2 aromatic carbocycles. The summed E-state index contributed by atoms with van der Waals surface area (Å²) in [5.74, 6) is 0.617. The minimum absolute atomic E-state index is 0.617. The van der Waals surface area contributed by atoms with Crippen molar-refractivity contribution >= 4 is 0 Å². The van der Waals surface area contributed by atoms with Gasteiger partial charge < -0.3 is 0 Å². The molecule has 0 heteroatoms. The molecule has 1 aliphatic rings. The van der Waals surface area contributed by atoms with Crippen LogP contribution in [0.25, 0.3) is 0 Å². The van der Waals surface area contributed by atoms with E-state index in [-0.39, 0.29) is 0 Å². The molecule has 92 valence electrons. The van der Waals surface area contributed by atoms with Crippen molar-refractivity contribution in [3.8, 4) is 0 Å². The highest BCUT2D eigenvalue weighted by Crippen LogP contribution is 2.39. The fourth-order valence-corrected chi connectivity index (χ4v) is 3.16. The highest BCUT2D eigenvalue weighted by molar-refractivity contribution is 5.48. The largest absolute Gasteiger partial charge is 0.0654 e. The zero-order valence-corrected chi connectivity index (χ0v) is 11.0. The van der Waals surface area contributed by atoms with Gasteiger partial charge >= 0.3 is 0 Å². The molecule has 0 spiro atoms. The summed E-state index contributed by atoms with van der Waals surface area (Å²) >= 11 is 0. The molecule has 0 atom stereocenters.